The second-order valence-corrected chi connectivity index (χ2v) is 4.94. The van der Waals surface area contributed by atoms with Crippen LogP contribution in [0.3, 0.4) is 0 Å². The molecule has 3 rings (SSSR count). The van der Waals surface area contributed by atoms with Crippen molar-refractivity contribution in [1.82, 2.24) is 19.7 Å². The molecular weight excluding hydrogens is 240 g/mol. The summed E-state index contributed by atoms with van der Waals surface area (Å²) < 4.78 is 1.85. The van der Waals surface area contributed by atoms with Gasteiger partial charge in [0.1, 0.15) is 0 Å². The zero-order valence-corrected chi connectivity index (χ0v) is 11.5. The molecule has 3 heterocycles. The molecule has 0 spiro atoms. The Labute approximate surface area is 112 Å². The highest BCUT2D eigenvalue weighted by Gasteiger charge is 2.27. The summed E-state index contributed by atoms with van der Waals surface area (Å²) in [5, 5.41) is 4.24. The van der Waals surface area contributed by atoms with Crippen LogP contribution in [0.25, 0.3) is 0 Å². The van der Waals surface area contributed by atoms with Gasteiger partial charge in [0, 0.05) is 24.0 Å². The Balaban J connectivity index is 1.94. The van der Waals surface area contributed by atoms with Crippen molar-refractivity contribution < 1.29 is 0 Å². The molecule has 0 bridgehead atoms. The second kappa shape index (κ2) is 4.22. The number of aryl methyl sites for hydroxylation is 3. The molecule has 2 aromatic rings. The fraction of sp³-hybridized carbons (Fsp3) is 0.462. The largest absolute Gasteiger partial charge is 0.382 e. The van der Waals surface area contributed by atoms with Crippen molar-refractivity contribution in [2.75, 3.05) is 10.6 Å². The smallest absolute Gasteiger partial charge is 0.226 e. The number of fused-ring (bicyclic) bond motifs is 1. The average molecular weight is 258 g/mol. The van der Waals surface area contributed by atoms with Crippen LogP contribution in [-0.2, 0) is 26.6 Å². The SMILES string of the molecule is CCc1cc(C)nc(N2Cc3c(N)nn(C)c3C2)n1. The Morgan fingerprint density at radius 2 is 2.11 bits per heavy atom. The molecule has 1 aliphatic heterocycles. The fourth-order valence-corrected chi connectivity index (χ4v) is 2.50. The number of hydrogen-bond donors (Lipinski definition) is 1. The molecule has 0 fully saturated rings. The third-order valence-corrected chi connectivity index (χ3v) is 3.54. The summed E-state index contributed by atoms with van der Waals surface area (Å²) in [6, 6.07) is 2.03. The minimum absolute atomic E-state index is 0.614. The second-order valence-electron chi connectivity index (χ2n) is 4.94. The van der Waals surface area contributed by atoms with Crippen molar-refractivity contribution >= 4 is 11.8 Å². The van der Waals surface area contributed by atoms with E-state index in [2.05, 4.69) is 26.9 Å². The van der Waals surface area contributed by atoms with Crippen LogP contribution in [0.15, 0.2) is 6.07 Å². The predicted octanol–water partition coefficient (Wildman–Crippen LogP) is 1.18. The van der Waals surface area contributed by atoms with Crippen molar-refractivity contribution in [2.45, 2.75) is 33.4 Å². The monoisotopic (exact) mass is 258 g/mol. The van der Waals surface area contributed by atoms with Gasteiger partial charge in [-0.25, -0.2) is 9.97 Å². The fourth-order valence-electron chi connectivity index (χ4n) is 2.50. The summed E-state index contributed by atoms with van der Waals surface area (Å²) in [6.07, 6.45) is 0.918. The molecule has 0 atom stereocenters. The van der Waals surface area contributed by atoms with Gasteiger partial charge in [-0.1, -0.05) is 6.92 Å². The first-order chi connectivity index (χ1) is 9.08. The van der Waals surface area contributed by atoms with E-state index in [0.717, 1.165) is 48.1 Å². The first-order valence-electron chi connectivity index (χ1n) is 6.48. The van der Waals surface area contributed by atoms with E-state index in [1.165, 1.54) is 0 Å². The van der Waals surface area contributed by atoms with Crippen molar-refractivity contribution in [3.8, 4) is 0 Å². The summed E-state index contributed by atoms with van der Waals surface area (Å²) >= 11 is 0. The molecule has 6 heteroatoms. The number of hydrogen-bond acceptors (Lipinski definition) is 5. The summed E-state index contributed by atoms with van der Waals surface area (Å²) in [5.41, 5.74) is 10.3. The maximum Gasteiger partial charge on any atom is 0.226 e. The number of anilines is 2. The molecule has 1 aliphatic rings. The molecule has 100 valence electrons. The zero-order valence-electron chi connectivity index (χ0n) is 11.5. The average Bonchev–Trinajstić information content (AvgIpc) is 2.92. The molecule has 0 unspecified atom stereocenters. The molecule has 2 aromatic heterocycles. The Morgan fingerprint density at radius 1 is 1.32 bits per heavy atom. The van der Waals surface area contributed by atoms with Crippen LogP contribution in [0.5, 0.6) is 0 Å². The van der Waals surface area contributed by atoms with Gasteiger partial charge in [-0.05, 0) is 19.4 Å². The van der Waals surface area contributed by atoms with Crippen molar-refractivity contribution in [3.63, 3.8) is 0 Å². The third-order valence-electron chi connectivity index (χ3n) is 3.54. The zero-order chi connectivity index (χ0) is 13.6. The summed E-state index contributed by atoms with van der Waals surface area (Å²) in [5.74, 6) is 1.40. The Morgan fingerprint density at radius 3 is 2.79 bits per heavy atom. The van der Waals surface area contributed by atoms with Crippen LogP contribution in [0.1, 0.15) is 29.6 Å². The van der Waals surface area contributed by atoms with Crippen LogP contribution in [-0.4, -0.2) is 19.7 Å². The standard InChI is InChI=1S/C13H18N6/c1-4-9-5-8(2)15-13(16-9)19-6-10-11(7-19)18(3)17-12(10)14/h5H,4,6-7H2,1-3H3,(H2,14,17). The molecule has 0 amide bonds. The maximum absolute atomic E-state index is 5.92. The lowest BCUT2D eigenvalue weighted by Gasteiger charge is -2.17. The van der Waals surface area contributed by atoms with Crippen LogP contribution in [0.2, 0.25) is 0 Å². The minimum Gasteiger partial charge on any atom is -0.382 e. The van der Waals surface area contributed by atoms with E-state index >= 15 is 0 Å². The highest BCUT2D eigenvalue weighted by molar-refractivity contribution is 5.51. The van der Waals surface area contributed by atoms with E-state index in [1.54, 1.807) is 0 Å². The van der Waals surface area contributed by atoms with Crippen molar-refractivity contribution in [2.24, 2.45) is 7.05 Å². The first kappa shape index (κ1) is 12.0. The predicted molar refractivity (Wildman–Crippen MR) is 73.7 cm³/mol. The highest BCUT2D eigenvalue weighted by Crippen LogP contribution is 2.29. The van der Waals surface area contributed by atoms with Crippen LogP contribution < -0.4 is 10.6 Å². The number of nitrogens with two attached hydrogens (primary N) is 1. The van der Waals surface area contributed by atoms with Gasteiger partial charge < -0.3 is 10.6 Å². The highest BCUT2D eigenvalue weighted by atomic mass is 15.3. The Bertz CT molecular complexity index is 604. The van der Waals surface area contributed by atoms with E-state index in [-0.39, 0.29) is 0 Å². The van der Waals surface area contributed by atoms with E-state index in [1.807, 2.05) is 24.7 Å². The van der Waals surface area contributed by atoms with E-state index in [9.17, 15) is 0 Å². The molecule has 19 heavy (non-hydrogen) atoms. The van der Waals surface area contributed by atoms with Gasteiger partial charge in [-0.2, -0.15) is 5.10 Å². The Hall–Kier alpha value is -2.11. The lowest BCUT2D eigenvalue weighted by Crippen LogP contribution is -2.20. The van der Waals surface area contributed by atoms with Gasteiger partial charge in [-0.3, -0.25) is 4.68 Å². The van der Waals surface area contributed by atoms with E-state index in [0.29, 0.717) is 5.82 Å². The minimum atomic E-state index is 0.614. The summed E-state index contributed by atoms with van der Waals surface area (Å²) in [6.45, 7) is 5.61. The van der Waals surface area contributed by atoms with Gasteiger partial charge in [0.2, 0.25) is 5.95 Å². The van der Waals surface area contributed by atoms with Gasteiger partial charge in [0.05, 0.1) is 18.8 Å². The molecular formula is C13H18N6. The third kappa shape index (κ3) is 1.93. The lowest BCUT2D eigenvalue weighted by molar-refractivity contribution is 0.698. The van der Waals surface area contributed by atoms with Crippen LogP contribution >= 0.6 is 0 Å². The van der Waals surface area contributed by atoms with Crippen LogP contribution in [0, 0.1) is 6.92 Å². The van der Waals surface area contributed by atoms with Gasteiger partial charge in [0.15, 0.2) is 5.82 Å². The topological polar surface area (TPSA) is 72.9 Å². The molecule has 0 aliphatic carbocycles. The van der Waals surface area contributed by atoms with Gasteiger partial charge in [0.25, 0.3) is 0 Å². The van der Waals surface area contributed by atoms with Gasteiger partial charge in [-0.15, -0.1) is 0 Å². The normalized spacial score (nSPS) is 13.9. The van der Waals surface area contributed by atoms with Crippen molar-refractivity contribution in [3.05, 3.63) is 28.7 Å². The van der Waals surface area contributed by atoms with Crippen LogP contribution in [0.4, 0.5) is 11.8 Å². The molecule has 0 aromatic carbocycles. The lowest BCUT2D eigenvalue weighted by atomic mass is 10.3. The van der Waals surface area contributed by atoms with Gasteiger partial charge >= 0.3 is 0 Å². The maximum atomic E-state index is 5.92. The molecule has 2 N–H and O–H groups in total. The molecule has 0 saturated heterocycles. The molecule has 0 radical (unpaired) electrons. The first-order valence-corrected chi connectivity index (χ1v) is 6.48. The molecule has 6 nitrogen and oxygen atoms in total. The molecule has 0 saturated carbocycles. The quantitative estimate of drug-likeness (QED) is 0.875. The number of rotatable bonds is 2. The Kier molecular flexibility index (Phi) is 2.66. The number of nitrogen functional groups attached to an aromatic ring is 1. The van der Waals surface area contributed by atoms with Crippen molar-refractivity contribution in [1.29, 1.82) is 0 Å². The summed E-state index contributed by atoms with van der Waals surface area (Å²) in [4.78, 5) is 11.3. The summed E-state index contributed by atoms with van der Waals surface area (Å²) in [7, 11) is 1.92. The number of nitrogens with zero attached hydrogens (tertiary/aromatic N) is 5. The van der Waals surface area contributed by atoms with E-state index in [4.69, 9.17) is 5.73 Å². The number of aromatic nitrogens is 4. The van der Waals surface area contributed by atoms with E-state index < -0.39 is 0 Å².